The molecule has 1 atom stereocenters. The summed E-state index contributed by atoms with van der Waals surface area (Å²) in [4.78, 5) is 29.8. The van der Waals surface area contributed by atoms with Crippen molar-refractivity contribution in [3.8, 4) is 0 Å². The summed E-state index contributed by atoms with van der Waals surface area (Å²) in [6.07, 6.45) is 0.268. The van der Waals surface area contributed by atoms with E-state index in [9.17, 15) is 9.59 Å². The maximum Gasteiger partial charge on any atom is 0.254 e. The summed E-state index contributed by atoms with van der Waals surface area (Å²) in [5.74, 6) is 0.611. The van der Waals surface area contributed by atoms with Crippen LogP contribution in [0.15, 0.2) is 34.2 Å². The van der Waals surface area contributed by atoms with E-state index in [4.69, 9.17) is 0 Å². The van der Waals surface area contributed by atoms with Gasteiger partial charge in [0, 0.05) is 29.3 Å². The lowest BCUT2D eigenvalue weighted by Gasteiger charge is -2.19. The molecule has 0 fully saturated rings. The van der Waals surface area contributed by atoms with Gasteiger partial charge in [-0.2, -0.15) is 0 Å². The van der Waals surface area contributed by atoms with Crippen molar-refractivity contribution in [3.63, 3.8) is 0 Å². The zero-order valence-corrected chi connectivity index (χ0v) is 16.7. The first-order valence-electron chi connectivity index (χ1n) is 8.80. The minimum Gasteiger partial charge on any atom is -0.326 e. The van der Waals surface area contributed by atoms with Crippen LogP contribution in [-0.2, 0) is 10.2 Å². The average molecular weight is 372 g/mol. The molecule has 1 aliphatic rings. The van der Waals surface area contributed by atoms with Gasteiger partial charge < -0.3 is 5.32 Å². The van der Waals surface area contributed by atoms with Gasteiger partial charge in [0.1, 0.15) is 0 Å². The van der Waals surface area contributed by atoms with E-state index in [1.54, 1.807) is 22.4 Å². The Kier molecular flexibility index (Phi) is 4.97. The number of rotatable bonds is 3. The number of nitrogens with zero attached hydrogens (tertiary/aromatic N) is 2. The van der Waals surface area contributed by atoms with Crippen LogP contribution in [0.4, 0.5) is 5.69 Å². The second-order valence-electron chi connectivity index (χ2n) is 7.85. The summed E-state index contributed by atoms with van der Waals surface area (Å²) in [5, 5.41) is 3.69. The quantitative estimate of drug-likeness (QED) is 0.833. The van der Waals surface area contributed by atoms with E-state index in [1.165, 1.54) is 0 Å². The number of fused-ring (bicyclic) bond motifs is 1. The highest BCUT2D eigenvalue weighted by Crippen LogP contribution is 2.33. The summed E-state index contributed by atoms with van der Waals surface area (Å²) < 4.78 is 1.67. The van der Waals surface area contributed by atoms with E-state index >= 15 is 0 Å². The standard InChI is InChI=1S/C20H25N3O2S/c1-12-7-6-8-15(13(12)2)21-17(24)9-14-11-26-19-22-16(20(3,4)5)10-18(25)23(14)19/h6-8,10,14H,9,11H2,1-5H3,(H,21,24). The minimum atomic E-state index is -0.173. The zero-order chi connectivity index (χ0) is 19.1. The second-order valence-corrected chi connectivity index (χ2v) is 8.83. The third kappa shape index (κ3) is 3.70. The molecule has 0 bridgehead atoms. The molecule has 138 valence electrons. The Morgan fingerprint density at radius 2 is 2.08 bits per heavy atom. The predicted octanol–water partition coefficient (Wildman–Crippen LogP) is 3.83. The highest BCUT2D eigenvalue weighted by molar-refractivity contribution is 7.99. The SMILES string of the molecule is Cc1cccc(NC(=O)CC2CSc3nc(C(C)(C)C)cc(=O)n32)c1C. The van der Waals surface area contributed by atoms with Crippen LogP contribution >= 0.6 is 11.8 Å². The Balaban J connectivity index is 1.79. The average Bonchev–Trinajstić information content (AvgIpc) is 2.94. The highest BCUT2D eigenvalue weighted by Gasteiger charge is 2.29. The molecule has 2 aromatic rings. The van der Waals surface area contributed by atoms with E-state index in [0.29, 0.717) is 10.9 Å². The van der Waals surface area contributed by atoms with Crippen molar-refractivity contribution < 1.29 is 4.79 Å². The Labute approximate surface area is 158 Å². The summed E-state index contributed by atoms with van der Waals surface area (Å²) in [5.41, 5.74) is 3.58. The molecular weight excluding hydrogens is 346 g/mol. The van der Waals surface area contributed by atoms with Crippen molar-refractivity contribution >= 4 is 23.4 Å². The van der Waals surface area contributed by atoms with Crippen molar-refractivity contribution in [2.45, 2.75) is 57.7 Å². The third-order valence-corrected chi connectivity index (χ3v) is 5.86. The molecule has 5 nitrogen and oxygen atoms in total. The lowest BCUT2D eigenvalue weighted by Crippen LogP contribution is -2.29. The van der Waals surface area contributed by atoms with Crippen molar-refractivity contribution in [2.75, 3.05) is 11.1 Å². The van der Waals surface area contributed by atoms with Crippen LogP contribution in [0.5, 0.6) is 0 Å². The molecule has 0 aliphatic carbocycles. The van der Waals surface area contributed by atoms with Crippen molar-refractivity contribution in [1.29, 1.82) is 0 Å². The first-order valence-corrected chi connectivity index (χ1v) is 9.78. The first kappa shape index (κ1) is 18.7. The van der Waals surface area contributed by atoms with E-state index < -0.39 is 0 Å². The van der Waals surface area contributed by atoms with Gasteiger partial charge in [-0.25, -0.2) is 4.98 Å². The number of aryl methyl sites for hydroxylation is 1. The Morgan fingerprint density at radius 3 is 2.77 bits per heavy atom. The first-order chi connectivity index (χ1) is 12.2. The number of hydrogen-bond acceptors (Lipinski definition) is 4. The number of carbonyl (C=O) groups excluding carboxylic acids is 1. The van der Waals surface area contributed by atoms with Crippen LogP contribution in [0.1, 0.15) is 50.1 Å². The number of carbonyl (C=O) groups is 1. The number of amides is 1. The molecule has 26 heavy (non-hydrogen) atoms. The number of benzene rings is 1. The lowest BCUT2D eigenvalue weighted by molar-refractivity contribution is -0.116. The number of nitrogens with one attached hydrogen (secondary N) is 1. The fraction of sp³-hybridized carbons (Fsp3) is 0.450. The molecule has 2 heterocycles. The summed E-state index contributed by atoms with van der Waals surface area (Å²) >= 11 is 1.55. The molecule has 0 saturated carbocycles. The van der Waals surface area contributed by atoms with Gasteiger partial charge in [0.25, 0.3) is 5.56 Å². The number of aromatic nitrogens is 2. The fourth-order valence-electron chi connectivity index (χ4n) is 2.99. The molecule has 1 N–H and O–H groups in total. The van der Waals surface area contributed by atoms with Crippen LogP contribution in [0.3, 0.4) is 0 Å². The van der Waals surface area contributed by atoms with Gasteiger partial charge in [-0.1, -0.05) is 44.7 Å². The van der Waals surface area contributed by atoms with Crippen LogP contribution in [0, 0.1) is 13.8 Å². The summed E-state index contributed by atoms with van der Waals surface area (Å²) in [7, 11) is 0. The molecule has 1 aromatic heterocycles. The van der Waals surface area contributed by atoms with Gasteiger partial charge in [0.2, 0.25) is 5.91 Å². The van der Waals surface area contributed by atoms with E-state index in [0.717, 1.165) is 22.5 Å². The van der Waals surface area contributed by atoms with Crippen LogP contribution in [0.25, 0.3) is 0 Å². The smallest absolute Gasteiger partial charge is 0.254 e. The van der Waals surface area contributed by atoms with Gasteiger partial charge in [-0.3, -0.25) is 14.2 Å². The molecule has 6 heteroatoms. The number of thioether (sulfide) groups is 1. The predicted molar refractivity (Wildman–Crippen MR) is 106 cm³/mol. The zero-order valence-electron chi connectivity index (χ0n) is 15.9. The van der Waals surface area contributed by atoms with Crippen molar-refractivity contribution in [1.82, 2.24) is 9.55 Å². The Hall–Kier alpha value is -2.08. The monoisotopic (exact) mass is 371 g/mol. The van der Waals surface area contributed by atoms with Crippen LogP contribution in [0.2, 0.25) is 0 Å². The molecule has 1 unspecified atom stereocenters. The fourth-order valence-corrected chi connectivity index (χ4v) is 4.14. The molecule has 0 radical (unpaired) electrons. The van der Waals surface area contributed by atoms with Gasteiger partial charge in [-0.05, 0) is 31.0 Å². The lowest BCUT2D eigenvalue weighted by atomic mass is 9.92. The molecule has 1 aliphatic heterocycles. The van der Waals surface area contributed by atoms with Gasteiger partial charge >= 0.3 is 0 Å². The summed E-state index contributed by atoms with van der Waals surface area (Å²) in [6, 6.07) is 7.30. The van der Waals surface area contributed by atoms with Gasteiger partial charge in [0.15, 0.2) is 5.16 Å². The Bertz CT molecular complexity index is 912. The molecule has 0 spiro atoms. The second kappa shape index (κ2) is 6.91. The van der Waals surface area contributed by atoms with Gasteiger partial charge in [0.05, 0.1) is 11.7 Å². The largest absolute Gasteiger partial charge is 0.326 e. The van der Waals surface area contributed by atoms with Gasteiger partial charge in [-0.15, -0.1) is 0 Å². The number of hydrogen-bond donors (Lipinski definition) is 1. The third-order valence-electron chi connectivity index (χ3n) is 4.76. The van der Waals surface area contributed by atoms with Crippen LogP contribution in [-0.4, -0.2) is 21.2 Å². The number of anilines is 1. The molecule has 0 saturated heterocycles. The topological polar surface area (TPSA) is 64.0 Å². The summed E-state index contributed by atoms with van der Waals surface area (Å²) in [6.45, 7) is 10.1. The highest BCUT2D eigenvalue weighted by atomic mass is 32.2. The van der Waals surface area contributed by atoms with Crippen molar-refractivity contribution in [2.24, 2.45) is 0 Å². The van der Waals surface area contributed by atoms with Crippen LogP contribution < -0.4 is 10.9 Å². The minimum absolute atomic E-state index is 0.0746. The van der Waals surface area contributed by atoms with E-state index in [1.807, 2.05) is 52.8 Å². The molecular formula is C20H25N3O2S. The molecule has 1 aromatic carbocycles. The molecule has 1 amide bonds. The van der Waals surface area contributed by atoms with E-state index in [2.05, 4.69) is 10.3 Å². The maximum absolute atomic E-state index is 12.6. The maximum atomic E-state index is 12.6. The van der Waals surface area contributed by atoms with E-state index in [-0.39, 0.29) is 29.3 Å². The van der Waals surface area contributed by atoms with Crippen molar-refractivity contribution in [3.05, 3.63) is 51.4 Å². The Morgan fingerprint density at radius 1 is 1.35 bits per heavy atom. The normalized spacial score (nSPS) is 16.4. The molecule has 3 rings (SSSR count).